The van der Waals surface area contributed by atoms with Crippen molar-refractivity contribution in [1.29, 1.82) is 0 Å². The van der Waals surface area contributed by atoms with Gasteiger partial charge >= 0.3 is 0 Å². The first-order chi connectivity index (χ1) is 29.8. The molecule has 2 heterocycles. The predicted octanol–water partition coefficient (Wildman–Crippen LogP) is 13.9. The van der Waals surface area contributed by atoms with Gasteiger partial charge in [0.05, 0.1) is 39.1 Å². The summed E-state index contributed by atoms with van der Waals surface area (Å²) in [6, 6.07) is 60.7. The first kappa shape index (κ1) is 39.0. The molecule has 0 saturated heterocycles. The van der Waals surface area contributed by atoms with E-state index in [1.807, 2.05) is 48.5 Å². The van der Waals surface area contributed by atoms with E-state index in [-0.39, 0.29) is 0 Å². The first-order valence-electron chi connectivity index (χ1n) is 21.0. The van der Waals surface area contributed by atoms with Gasteiger partial charge in [0.1, 0.15) is 11.6 Å². The number of benzene rings is 7. The minimum atomic E-state index is 0.315. The van der Waals surface area contributed by atoms with E-state index in [0.717, 1.165) is 78.6 Å². The average molecular weight is 793 g/mol. The van der Waals surface area contributed by atoms with E-state index in [2.05, 4.69) is 178 Å². The Labute approximate surface area is 358 Å². The van der Waals surface area contributed by atoms with Crippen molar-refractivity contribution in [2.45, 2.75) is 46.5 Å². The highest BCUT2D eigenvalue weighted by Gasteiger charge is 2.23. The molecule has 6 heteroatoms. The molecule has 9 aromatic rings. The summed E-state index contributed by atoms with van der Waals surface area (Å²) in [7, 11) is 0. The van der Waals surface area contributed by atoms with Crippen molar-refractivity contribution in [3.8, 4) is 34.2 Å². The Kier molecular flexibility index (Phi) is 10.7. The van der Waals surface area contributed by atoms with E-state index >= 15 is 0 Å². The predicted molar refractivity (Wildman–Crippen MR) is 255 cm³/mol. The van der Waals surface area contributed by atoms with Gasteiger partial charge in [-0.1, -0.05) is 174 Å². The number of aromatic nitrogens is 4. The third kappa shape index (κ3) is 7.42. The van der Waals surface area contributed by atoms with E-state index < -0.39 is 0 Å². The summed E-state index contributed by atoms with van der Waals surface area (Å²) < 4.78 is 4.58. The topological polar surface area (TPSA) is 60.4 Å². The second-order valence-electron chi connectivity index (χ2n) is 16.0. The van der Waals surface area contributed by atoms with Crippen LogP contribution >= 0.6 is 0 Å². The summed E-state index contributed by atoms with van der Waals surface area (Å²) in [6.45, 7) is 15.6. The molecule has 0 radical (unpaired) electrons. The number of aliphatic imine (C=N–C) groups is 2. The number of para-hydroxylation sites is 6. The van der Waals surface area contributed by atoms with E-state index in [1.54, 1.807) is 0 Å². The monoisotopic (exact) mass is 792 g/mol. The molecule has 0 unspecified atom stereocenters. The molecule has 0 bridgehead atoms. The highest BCUT2D eigenvalue weighted by Crippen LogP contribution is 2.37. The summed E-state index contributed by atoms with van der Waals surface area (Å²) in [4.78, 5) is 21.2. The number of imidazole rings is 2. The fourth-order valence-corrected chi connectivity index (χ4v) is 8.33. The number of rotatable bonds is 10. The molecule has 7 aromatic carbocycles. The van der Waals surface area contributed by atoms with Crippen molar-refractivity contribution in [3.05, 3.63) is 210 Å². The van der Waals surface area contributed by atoms with Gasteiger partial charge in [0.2, 0.25) is 0 Å². The Morgan fingerprint density at radius 1 is 0.475 bits per heavy atom. The minimum absolute atomic E-state index is 0.315. The fourth-order valence-electron chi connectivity index (χ4n) is 8.33. The Morgan fingerprint density at radius 2 is 0.902 bits per heavy atom. The van der Waals surface area contributed by atoms with Gasteiger partial charge in [-0.25, -0.2) is 20.0 Å². The van der Waals surface area contributed by atoms with Crippen molar-refractivity contribution in [1.82, 2.24) is 19.1 Å². The summed E-state index contributed by atoms with van der Waals surface area (Å²) in [5.41, 5.74) is 14.7. The normalized spacial score (nSPS) is 12.2. The van der Waals surface area contributed by atoms with Crippen LogP contribution in [-0.4, -0.2) is 30.6 Å². The molecular weight excluding hydrogens is 745 g/mol. The Balaban J connectivity index is 1.19. The Bertz CT molecular complexity index is 3120. The molecule has 0 spiro atoms. The van der Waals surface area contributed by atoms with Crippen LogP contribution in [0.15, 0.2) is 192 Å². The summed E-state index contributed by atoms with van der Waals surface area (Å²) in [5, 5.41) is 0. The molecule has 0 N–H and O–H groups in total. The van der Waals surface area contributed by atoms with Crippen LogP contribution < -0.4 is 0 Å². The molecule has 0 atom stereocenters. The highest BCUT2D eigenvalue weighted by molar-refractivity contribution is 6.15. The van der Waals surface area contributed by atoms with Crippen molar-refractivity contribution < 1.29 is 0 Å². The lowest BCUT2D eigenvalue weighted by atomic mass is 9.99. The highest BCUT2D eigenvalue weighted by atomic mass is 15.1. The van der Waals surface area contributed by atoms with Gasteiger partial charge in [0, 0.05) is 33.5 Å². The number of fused-ring (bicyclic) bond motifs is 2. The third-order valence-electron chi connectivity index (χ3n) is 11.3. The number of nitrogens with zero attached hydrogens (tertiary/aromatic N) is 6. The molecule has 2 aromatic heterocycles. The van der Waals surface area contributed by atoms with Crippen LogP contribution in [0.4, 0.5) is 0 Å². The van der Waals surface area contributed by atoms with Crippen LogP contribution in [0.5, 0.6) is 0 Å². The zero-order chi connectivity index (χ0) is 42.0. The molecule has 0 aliphatic heterocycles. The van der Waals surface area contributed by atoms with Crippen LogP contribution in [-0.2, 0) is 0 Å². The van der Waals surface area contributed by atoms with Gasteiger partial charge in [-0.2, -0.15) is 0 Å². The zero-order valence-electron chi connectivity index (χ0n) is 35.3. The lowest BCUT2D eigenvalue weighted by Gasteiger charge is -2.18. The second-order valence-corrected chi connectivity index (χ2v) is 16.0. The Morgan fingerprint density at radius 3 is 1.44 bits per heavy atom. The van der Waals surface area contributed by atoms with Crippen LogP contribution in [0.1, 0.15) is 74.3 Å². The van der Waals surface area contributed by atoms with E-state index in [4.69, 9.17) is 20.0 Å². The van der Waals surface area contributed by atoms with Gasteiger partial charge in [-0.15, -0.1) is 0 Å². The van der Waals surface area contributed by atoms with Gasteiger partial charge in [-0.3, -0.25) is 9.13 Å². The molecule has 0 fully saturated rings. The van der Waals surface area contributed by atoms with Crippen molar-refractivity contribution >= 4 is 39.3 Å². The largest absolute Gasteiger partial charge is 0.292 e. The second kappa shape index (κ2) is 16.7. The molecule has 0 aliphatic carbocycles. The molecule has 61 heavy (non-hydrogen) atoms. The van der Waals surface area contributed by atoms with Crippen LogP contribution in [0.3, 0.4) is 0 Å². The smallest absolute Gasteiger partial charge is 0.160 e. The van der Waals surface area contributed by atoms with Crippen LogP contribution in [0.25, 0.3) is 61.9 Å². The van der Waals surface area contributed by atoms with Crippen LogP contribution in [0.2, 0.25) is 0 Å². The molecule has 0 saturated carbocycles. The van der Waals surface area contributed by atoms with Gasteiger partial charge in [-0.05, 0) is 66.3 Å². The number of hydrogen-bond donors (Lipinski definition) is 0. The maximum Gasteiger partial charge on any atom is 0.160 e. The van der Waals surface area contributed by atoms with E-state index in [1.165, 1.54) is 11.1 Å². The average Bonchev–Trinajstić information content (AvgIpc) is 3.88. The van der Waals surface area contributed by atoms with Crippen molar-refractivity contribution in [2.75, 3.05) is 0 Å². The van der Waals surface area contributed by atoms with E-state index in [0.29, 0.717) is 23.4 Å². The Hall–Kier alpha value is -7.44. The number of amidine groups is 1. The third-order valence-corrected chi connectivity index (χ3v) is 11.3. The molecule has 9 rings (SSSR count). The molecular formula is C55H48N6. The quantitative estimate of drug-likeness (QED) is 0.102. The maximum absolute atomic E-state index is 5.35. The standard InChI is InChI=1S/C55H48N6/c1-36(2)41-24-14-18-32-49(41)60-51-34-20-16-30-47(51)58-54(60)45-28-12-10-26-43(45)38(5)56-53(40-22-8-7-9-23-40)57-39(6)44-27-11-13-29-46(44)55-59-48-31-17-21-35-52(48)61(55)50-33-19-15-25-42(50)37(3)4/h7-37H,5H2,1-4,6H3/b56-53-,57-39+. The molecule has 0 aliphatic rings. The van der Waals surface area contributed by atoms with Crippen molar-refractivity contribution in [3.63, 3.8) is 0 Å². The van der Waals surface area contributed by atoms with E-state index in [9.17, 15) is 0 Å². The number of hydrogen-bond acceptors (Lipinski definition) is 3. The van der Waals surface area contributed by atoms with Crippen LogP contribution in [0, 0.1) is 0 Å². The zero-order valence-corrected chi connectivity index (χ0v) is 35.3. The lowest BCUT2D eigenvalue weighted by Crippen LogP contribution is -2.08. The fraction of sp³-hybridized carbons (Fsp3) is 0.127. The maximum atomic E-state index is 5.35. The summed E-state index contributed by atoms with van der Waals surface area (Å²) in [5.74, 6) is 2.89. The lowest BCUT2D eigenvalue weighted by molar-refractivity contribution is 0.850. The molecule has 6 nitrogen and oxygen atoms in total. The summed E-state index contributed by atoms with van der Waals surface area (Å²) >= 11 is 0. The van der Waals surface area contributed by atoms with Gasteiger partial charge in [0.25, 0.3) is 0 Å². The SMILES string of the molecule is C=C(/N=C(\N=C(/C)c1ccccc1-c1nc2ccccc2n1-c1ccccc1C(C)C)c1ccccc1)c1ccccc1-c1nc2ccccc2n1-c1ccccc1C(C)C. The minimum Gasteiger partial charge on any atom is -0.292 e. The van der Waals surface area contributed by atoms with Crippen molar-refractivity contribution in [2.24, 2.45) is 9.98 Å². The molecule has 298 valence electrons. The molecule has 0 amide bonds. The first-order valence-corrected chi connectivity index (χ1v) is 21.0. The van der Waals surface area contributed by atoms with Gasteiger partial charge < -0.3 is 0 Å². The van der Waals surface area contributed by atoms with Gasteiger partial charge in [0.15, 0.2) is 5.84 Å². The summed E-state index contributed by atoms with van der Waals surface area (Å²) in [6.07, 6.45) is 0.